The van der Waals surface area contributed by atoms with E-state index in [9.17, 15) is 5.11 Å². The summed E-state index contributed by atoms with van der Waals surface area (Å²) in [6, 6.07) is 7.51. The Balaban J connectivity index is 2.13. The molecule has 0 saturated carbocycles. The second-order valence-electron chi connectivity index (χ2n) is 4.72. The first kappa shape index (κ1) is 15.1. The van der Waals surface area contributed by atoms with Gasteiger partial charge in [-0.3, -0.25) is 4.68 Å². The number of aromatic nitrogens is 2. The van der Waals surface area contributed by atoms with Gasteiger partial charge in [0.2, 0.25) is 0 Å². The third kappa shape index (κ3) is 3.22. The highest BCUT2D eigenvalue weighted by atomic mass is 79.9. The summed E-state index contributed by atoms with van der Waals surface area (Å²) in [6.45, 7) is 4.25. The van der Waals surface area contributed by atoms with Gasteiger partial charge < -0.3 is 9.84 Å². The summed E-state index contributed by atoms with van der Waals surface area (Å²) >= 11 is 3.57. The van der Waals surface area contributed by atoms with E-state index in [2.05, 4.69) is 28.0 Å². The molecule has 5 heteroatoms. The van der Waals surface area contributed by atoms with Gasteiger partial charge in [0, 0.05) is 7.05 Å². The van der Waals surface area contributed by atoms with Gasteiger partial charge in [0.25, 0.3) is 0 Å². The van der Waals surface area contributed by atoms with Gasteiger partial charge in [0.05, 0.1) is 22.0 Å². The SMILES string of the molecule is CCc1nn(C)c(COc2cccc([C@H](C)O)c2)c1Br. The first-order valence-electron chi connectivity index (χ1n) is 6.64. The lowest BCUT2D eigenvalue weighted by Gasteiger charge is -2.10. The molecule has 0 aliphatic rings. The Hall–Kier alpha value is -1.33. The average Bonchev–Trinajstić information content (AvgIpc) is 2.71. The molecule has 0 aliphatic heterocycles. The van der Waals surface area contributed by atoms with Gasteiger partial charge in [0.15, 0.2) is 0 Å². The zero-order valence-electron chi connectivity index (χ0n) is 11.9. The number of ether oxygens (including phenoxy) is 1. The molecule has 0 radical (unpaired) electrons. The highest BCUT2D eigenvalue weighted by Gasteiger charge is 2.13. The van der Waals surface area contributed by atoms with Crippen LogP contribution in [0.15, 0.2) is 28.7 Å². The molecule has 0 spiro atoms. The zero-order chi connectivity index (χ0) is 14.7. The quantitative estimate of drug-likeness (QED) is 0.908. The molecular weight excluding hydrogens is 320 g/mol. The number of halogens is 1. The molecule has 1 N–H and O–H groups in total. The molecule has 4 nitrogen and oxygen atoms in total. The lowest BCUT2D eigenvalue weighted by Crippen LogP contribution is -2.04. The smallest absolute Gasteiger partial charge is 0.131 e. The molecule has 0 bridgehead atoms. The summed E-state index contributed by atoms with van der Waals surface area (Å²) in [5, 5.41) is 14.0. The molecule has 108 valence electrons. The molecule has 1 aromatic carbocycles. The fraction of sp³-hybridized carbons (Fsp3) is 0.400. The number of nitrogens with zero attached hydrogens (tertiary/aromatic N) is 2. The Kier molecular flexibility index (Phi) is 4.83. The minimum Gasteiger partial charge on any atom is -0.487 e. The first-order valence-corrected chi connectivity index (χ1v) is 7.43. The van der Waals surface area contributed by atoms with Gasteiger partial charge in [-0.1, -0.05) is 19.1 Å². The standard InChI is InChI=1S/C15H19BrN2O2/c1-4-13-15(16)14(18(3)17-13)9-20-12-7-5-6-11(8-12)10(2)19/h5-8,10,19H,4,9H2,1-3H3/t10-/m0/s1. The largest absolute Gasteiger partial charge is 0.487 e. The summed E-state index contributed by atoms with van der Waals surface area (Å²) in [6.07, 6.45) is 0.389. The lowest BCUT2D eigenvalue weighted by molar-refractivity contribution is 0.198. The van der Waals surface area contributed by atoms with Gasteiger partial charge >= 0.3 is 0 Å². The fourth-order valence-electron chi connectivity index (χ4n) is 1.99. The number of hydrogen-bond donors (Lipinski definition) is 1. The molecule has 0 fully saturated rings. The third-order valence-electron chi connectivity index (χ3n) is 3.22. The van der Waals surface area contributed by atoms with E-state index < -0.39 is 6.10 Å². The molecule has 0 amide bonds. The van der Waals surface area contributed by atoms with Crippen molar-refractivity contribution in [3.8, 4) is 5.75 Å². The maximum atomic E-state index is 9.58. The Bertz CT molecular complexity index is 594. The monoisotopic (exact) mass is 338 g/mol. The predicted molar refractivity (Wildman–Crippen MR) is 81.7 cm³/mol. The second-order valence-corrected chi connectivity index (χ2v) is 5.51. The van der Waals surface area contributed by atoms with Crippen LogP contribution >= 0.6 is 15.9 Å². The van der Waals surface area contributed by atoms with E-state index in [1.54, 1.807) is 6.92 Å². The van der Waals surface area contributed by atoms with Crippen molar-refractivity contribution in [3.63, 3.8) is 0 Å². The van der Waals surface area contributed by atoms with E-state index in [1.807, 2.05) is 36.0 Å². The normalized spacial score (nSPS) is 12.4. The van der Waals surface area contributed by atoms with E-state index in [-0.39, 0.29) is 0 Å². The molecule has 20 heavy (non-hydrogen) atoms. The van der Waals surface area contributed by atoms with Crippen LogP contribution in [-0.2, 0) is 20.1 Å². The first-order chi connectivity index (χ1) is 9.52. The number of rotatable bonds is 5. The summed E-state index contributed by atoms with van der Waals surface area (Å²) < 4.78 is 8.64. The Morgan fingerprint density at radius 3 is 2.80 bits per heavy atom. The van der Waals surface area contributed by atoms with Crippen molar-refractivity contribution in [2.45, 2.75) is 33.0 Å². The molecule has 1 aromatic heterocycles. The second kappa shape index (κ2) is 6.41. The van der Waals surface area contributed by atoms with E-state index >= 15 is 0 Å². The number of hydrogen-bond acceptors (Lipinski definition) is 3. The summed E-state index contributed by atoms with van der Waals surface area (Å²) in [7, 11) is 1.91. The Morgan fingerprint density at radius 2 is 2.20 bits per heavy atom. The number of benzene rings is 1. The van der Waals surface area contributed by atoms with Crippen LogP contribution in [0.5, 0.6) is 5.75 Å². The van der Waals surface area contributed by atoms with E-state index in [0.29, 0.717) is 6.61 Å². The molecule has 0 unspecified atom stereocenters. The minimum absolute atomic E-state index is 0.438. The molecule has 1 heterocycles. The average molecular weight is 339 g/mol. The predicted octanol–water partition coefficient (Wildman–Crippen LogP) is 3.38. The van der Waals surface area contributed by atoms with Crippen LogP contribution in [0, 0.1) is 0 Å². The maximum absolute atomic E-state index is 9.58. The summed E-state index contributed by atoms with van der Waals surface area (Å²) in [5.41, 5.74) is 2.88. The molecule has 0 aliphatic carbocycles. The molecule has 2 rings (SSSR count). The molecule has 0 saturated heterocycles. The number of aliphatic hydroxyl groups excluding tert-OH is 1. The molecular formula is C15H19BrN2O2. The van der Waals surface area contributed by atoms with Gasteiger partial charge in [-0.25, -0.2) is 0 Å². The molecule has 1 atom stereocenters. The number of aryl methyl sites for hydroxylation is 2. The Labute approximate surface area is 127 Å². The van der Waals surface area contributed by atoms with Crippen molar-refractivity contribution in [3.05, 3.63) is 45.7 Å². The van der Waals surface area contributed by atoms with Crippen LogP contribution in [0.1, 0.15) is 36.9 Å². The topological polar surface area (TPSA) is 47.3 Å². The van der Waals surface area contributed by atoms with E-state index in [0.717, 1.165) is 33.6 Å². The van der Waals surface area contributed by atoms with Gasteiger partial charge in [0.1, 0.15) is 12.4 Å². The zero-order valence-corrected chi connectivity index (χ0v) is 13.5. The van der Waals surface area contributed by atoms with Gasteiger partial charge in [-0.05, 0) is 47.0 Å². The van der Waals surface area contributed by atoms with Crippen molar-refractivity contribution >= 4 is 15.9 Å². The van der Waals surface area contributed by atoms with Crippen molar-refractivity contribution in [1.82, 2.24) is 9.78 Å². The van der Waals surface area contributed by atoms with Gasteiger partial charge in [-0.15, -0.1) is 0 Å². The van der Waals surface area contributed by atoms with Crippen molar-refractivity contribution in [2.75, 3.05) is 0 Å². The van der Waals surface area contributed by atoms with Crippen molar-refractivity contribution in [1.29, 1.82) is 0 Å². The lowest BCUT2D eigenvalue weighted by atomic mass is 10.1. The van der Waals surface area contributed by atoms with E-state index in [1.165, 1.54) is 0 Å². The maximum Gasteiger partial charge on any atom is 0.131 e. The van der Waals surface area contributed by atoms with Crippen molar-refractivity contribution in [2.24, 2.45) is 7.05 Å². The van der Waals surface area contributed by atoms with Crippen LogP contribution in [0.3, 0.4) is 0 Å². The van der Waals surface area contributed by atoms with Crippen LogP contribution in [0.25, 0.3) is 0 Å². The summed E-state index contributed by atoms with van der Waals surface area (Å²) in [4.78, 5) is 0. The van der Waals surface area contributed by atoms with Crippen LogP contribution < -0.4 is 4.74 Å². The van der Waals surface area contributed by atoms with Crippen molar-refractivity contribution < 1.29 is 9.84 Å². The highest BCUT2D eigenvalue weighted by molar-refractivity contribution is 9.10. The van der Waals surface area contributed by atoms with Gasteiger partial charge in [-0.2, -0.15) is 5.10 Å². The Morgan fingerprint density at radius 1 is 1.45 bits per heavy atom. The fourth-order valence-corrected chi connectivity index (χ4v) is 2.72. The third-order valence-corrected chi connectivity index (χ3v) is 4.13. The molecule has 2 aromatic rings. The minimum atomic E-state index is -0.492. The highest BCUT2D eigenvalue weighted by Crippen LogP contribution is 2.24. The van der Waals surface area contributed by atoms with Crippen LogP contribution in [0.2, 0.25) is 0 Å². The summed E-state index contributed by atoms with van der Waals surface area (Å²) in [5.74, 6) is 0.745. The van der Waals surface area contributed by atoms with Crippen LogP contribution in [-0.4, -0.2) is 14.9 Å². The van der Waals surface area contributed by atoms with E-state index in [4.69, 9.17) is 4.74 Å². The number of aliphatic hydroxyl groups is 1. The van der Waals surface area contributed by atoms with Crippen LogP contribution in [0.4, 0.5) is 0 Å².